The van der Waals surface area contributed by atoms with Crippen LogP contribution in [-0.4, -0.2) is 64.6 Å². The summed E-state index contributed by atoms with van der Waals surface area (Å²) in [5.41, 5.74) is 1.75. The Labute approximate surface area is 190 Å². The highest BCUT2D eigenvalue weighted by molar-refractivity contribution is 14.0. The SMILES string of the molecule is CN=C(NCCOCC1CCCO1)NC1CCCN(c2ccccc2C#N)C1.I. The number of anilines is 1. The molecule has 3 rings (SSSR count). The quantitative estimate of drug-likeness (QED) is 0.253. The molecule has 0 amide bonds. The highest BCUT2D eigenvalue weighted by atomic mass is 127. The molecule has 2 aliphatic rings. The number of ether oxygens (including phenoxy) is 2. The largest absolute Gasteiger partial charge is 0.377 e. The van der Waals surface area contributed by atoms with Gasteiger partial charge >= 0.3 is 0 Å². The molecule has 2 aliphatic heterocycles. The first-order valence-electron chi connectivity index (χ1n) is 10.2. The van der Waals surface area contributed by atoms with Gasteiger partial charge in [-0.3, -0.25) is 4.99 Å². The smallest absolute Gasteiger partial charge is 0.191 e. The number of nitrogens with one attached hydrogen (secondary N) is 2. The second-order valence-corrected chi connectivity index (χ2v) is 7.27. The fourth-order valence-electron chi connectivity index (χ4n) is 3.78. The van der Waals surface area contributed by atoms with Gasteiger partial charge in [0.1, 0.15) is 6.07 Å². The molecule has 1 aromatic rings. The topological polar surface area (TPSA) is 81.9 Å². The van der Waals surface area contributed by atoms with Crippen molar-refractivity contribution in [3.8, 4) is 6.07 Å². The van der Waals surface area contributed by atoms with Crippen LogP contribution in [0.15, 0.2) is 29.3 Å². The number of para-hydroxylation sites is 1. The van der Waals surface area contributed by atoms with Crippen LogP contribution in [0.3, 0.4) is 0 Å². The lowest BCUT2D eigenvalue weighted by Crippen LogP contribution is -2.51. The number of nitrogens with zero attached hydrogens (tertiary/aromatic N) is 3. The highest BCUT2D eigenvalue weighted by Crippen LogP contribution is 2.23. The second kappa shape index (κ2) is 12.9. The van der Waals surface area contributed by atoms with Crippen molar-refractivity contribution < 1.29 is 9.47 Å². The predicted molar refractivity (Wildman–Crippen MR) is 126 cm³/mol. The van der Waals surface area contributed by atoms with Crippen molar-refractivity contribution in [2.75, 3.05) is 51.4 Å². The van der Waals surface area contributed by atoms with Gasteiger partial charge in [0.05, 0.1) is 30.6 Å². The van der Waals surface area contributed by atoms with E-state index in [9.17, 15) is 5.26 Å². The molecular formula is C21H32IN5O2. The Morgan fingerprint density at radius 1 is 1.34 bits per heavy atom. The summed E-state index contributed by atoms with van der Waals surface area (Å²) < 4.78 is 11.3. The first kappa shape index (κ1) is 23.7. The third kappa shape index (κ3) is 7.32. The first-order chi connectivity index (χ1) is 13.8. The molecule has 8 heteroatoms. The zero-order valence-electron chi connectivity index (χ0n) is 17.1. The lowest BCUT2D eigenvalue weighted by Gasteiger charge is -2.35. The van der Waals surface area contributed by atoms with Crippen LogP contribution in [0.25, 0.3) is 0 Å². The zero-order valence-corrected chi connectivity index (χ0v) is 19.4. The molecule has 2 N–H and O–H groups in total. The Balaban J connectivity index is 0.00000300. The Hall–Kier alpha value is -1.57. The fourth-order valence-corrected chi connectivity index (χ4v) is 3.78. The van der Waals surface area contributed by atoms with E-state index in [2.05, 4.69) is 26.6 Å². The third-order valence-corrected chi connectivity index (χ3v) is 5.22. The van der Waals surface area contributed by atoms with Crippen LogP contribution >= 0.6 is 24.0 Å². The number of piperidine rings is 1. The van der Waals surface area contributed by atoms with Crippen molar-refractivity contribution in [3.63, 3.8) is 0 Å². The average molecular weight is 513 g/mol. The van der Waals surface area contributed by atoms with Crippen LogP contribution in [0.1, 0.15) is 31.2 Å². The van der Waals surface area contributed by atoms with E-state index in [1.54, 1.807) is 7.05 Å². The number of benzene rings is 1. The van der Waals surface area contributed by atoms with Crippen molar-refractivity contribution in [2.24, 2.45) is 4.99 Å². The van der Waals surface area contributed by atoms with Crippen LogP contribution in [0.2, 0.25) is 0 Å². The van der Waals surface area contributed by atoms with Gasteiger partial charge < -0.3 is 25.0 Å². The number of nitriles is 1. The second-order valence-electron chi connectivity index (χ2n) is 7.27. The van der Waals surface area contributed by atoms with Crippen molar-refractivity contribution in [1.82, 2.24) is 10.6 Å². The number of guanidine groups is 1. The summed E-state index contributed by atoms with van der Waals surface area (Å²) in [5, 5.41) is 16.2. The van der Waals surface area contributed by atoms with E-state index in [-0.39, 0.29) is 30.1 Å². The number of hydrogen-bond donors (Lipinski definition) is 2. The molecule has 2 saturated heterocycles. The summed E-state index contributed by atoms with van der Waals surface area (Å²) in [6, 6.07) is 10.4. The molecule has 0 saturated carbocycles. The summed E-state index contributed by atoms with van der Waals surface area (Å²) in [4.78, 5) is 6.62. The van der Waals surface area contributed by atoms with E-state index in [4.69, 9.17) is 9.47 Å². The maximum atomic E-state index is 9.37. The van der Waals surface area contributed by atoms with E-state index in [0.717, 1.165) is 62.6 Å². The number of halogens is 1. The van der Waals surface area contributed by atoms with Gasteiger partial charge in [-0.1, -0.05) is 12.1 Å². The third-order valence-electron chi connectivity index (χ3n) is 5.22. The van der Waals surface area contributed by atoms with Gasteiger partial charge in [-0.2, -0.15) is 5.26 Å². The number of aliphatic imine (C=N–C) groups is 1. The molecule has 0 aliphatic carbocycles. The Morgan fingerprint density at radius 2 is 2.21 bits per heavy atom. The van der Waals surface area contributed by atoms with Gasteiger partial charge in [-0.05, 0) is 37.8 Å². The van der Waals surface area contributed by atoms with Crippen LogP contribution < -0.4 is 15.5 Å². The maximum Gasteiger partial charge on any atom is 0.191 e. The maximum absolute atomic E-state index is 9.37. The summed E-state index contributed by atoms with van der Waals surface area (Å²) in [6.45, 7) is 4.70. The number of hydrogen-bond acceptors (Lipinski definition) is 5. The summed E-state index contributed by atoms with van der Waals surface area (Å²) in [6.07, 6.45) is 4.67. The molecule has 7 nitrogen and oxygen atoms in total. The van der Waals surface area contributed by atoms with Gasteiger partial charge in [0.25, 0.3) is 0 Å². The van der Waals surface area contributed by atoms with E-state index in [1.807, 2.05) is 24.3 Å². The molecule has 160 valence electrons. The van der Waals surface area contributed by atoms with Crippen LogP contribution in [-0.2, 0) is 9.47 Å². The molecule has 0 bridgehead atoms. The molecule has 2 fully saturated rings. The summed E-state index contributed by atoms with van der Waals surface area (Å²) in [5.74, 6) is 0.793. The molecule has 29 heavy (non-hydrogen) atoms. The monoisotopic (exact) mass is 513 g/mol. The van der Waals surface area contributed by atoms with E-state index in [0.29, 0.717) is 25.8 Å². The van der Waals surface area contributed by atoms with Gasteiger partial charge in [-0.15, -0.1) is 24.0 Å². The normalized spacial score (nSPS) is 21.9. The molecule has 0 radical (unpaired) electrons. The minimum absolute atomic E-state index is 0. The highest BCUT2D eigenvalue weighted by Gasteiger charge is 2.22. The van der Waals surface area contributed by atoms with Gasteiger partial charge in [0.2, 0.25) is 0 Å². The molecular weight excluding hydrogens is 481 g/mol. The molecule has 0 aromatic heterocycles. The standard InChI is InChI=1S/C21H31N5O2.HI/c1-23-21(24-10-13-27-16-19-8-5-12-28-19)25-18-7-4-11-26(15-18)20-9-3-2-6-17(20)14-22;/h2-3,6,9,18-19H,4-5,7-8,10-13,15-16H2,1H3,(H2,23,24,25);1H. The van der Waals surface area contributed by atoms with Crippen LogP contribution in [0.5, 0.6) is 0 Å². The molecule has 2 atom stereocenters. The molecule has 0 spiro atoms. The Bertz CT molecular complexity index is 688. The van der Waals surface area contributed by atoms with Gasteiger partial charge in [0, 0.05) is 39.3 Å². The van der Waals surface area contributed by atoms with Crippen LogP contribution in [0, 0.1) is 11.3 Å². The van der Waals surface area contributed by atoms with E-state index >= 15 is 0 Å². The minimum atomic E-state index is 0. The molecule has 1 aromatic carbocycles. The van der Waals surface area contributed by atoms with Crippen molar-refractivity contribution in [3.05, 3.63) is 29.8 Å². The van der Waals surface area contributed by atoms with Crippen molar-refractivity contribution in [1.29, 1.82) is 5.26 Å². The minimum Gasteiger partial charge on any atom is -0.377 e. The van der Waals surface area contributed by atoms with Gasteiger partial charge in [-0.25, -0.2) is 0 Å². The van der Waals surface area contributed by atoms with Crippen LogP contribution in [0.4, 0.5) is 5.69 Å². The molecule has 2 heterocycles. The van der Waals surface area contributed by atoms with Crippen molar-refractivity contribution in [2.45, 2.75) is 37.8 Å². The van der Waals surface area contributed by atoms with Crippen molar-refractivity contribution >= 4 is 35.6 Å². The van der Waals surface area contributed by atoms with Gasteiger partial charge in [0.15, 0.2) is 5.96 Å². The predicted octanol–water partition coefficient (Wildman–Crippen LogP) is 2.51. The zero-order chi connectivity index (χ0) is 19.6. The van der Waals surface area contributed by atoms with E-state index < -0.39 is 0 Å². The summed E-state index contributed by atoms with van der Waals surface area (Å²) >= 11 is 0. The average Bonchev–Trinajstić information content (AvgIpc) is 3.26. The lowest BCUT2D eigenvalue weighted by molar-refractivity contribution is 0.0191. The van der Waals surface area contributed by atoms with E-state index in [1.165, 1.54) is 0 Å². The lowest BCUT2D eigenvalue weighted by atomic mass is 10.0. The first-order valence-corrected chi connectivity index (χ1v) is 10.2. The Morgan fingerprint density at radius 3 is 2.97 bits per heavy atom. The fraction of sp³-hybridized carbons (Fsp3) is 0.619. The summed E-state index contributed by atoms with van der Waals surface area (Å²) in [7, 11) is 1.79. The Kier molecular flexibility index (Phi) is 10.5. The number of rotatable bonds is 7. The molecule has 2 unspecified atom stereocenters.